The summed E-state index contributed by atoms with van der Waals surface area (Å²) in [5, 5.41) is 4.68. The van der Waals surface area contributed by atoms with Crippen LogP contribution in [0, 0.1) is 0 Å². The summed E-state index contributed by atoms with van der Waals surface area (Å²) in [6.07, 6.45) is 3.33. The van der Waals surface area contributed by atoms with Gasteiger partial charge < -0.3 is 10.1 Å². The van der Waals surface area contributed by atoms with Crippen LogP contribution in [0.4, 0.5) is 4.79 Å². The van der Waals surface area contributed by atoms with E-state index >= 15 is 0 Å². The summed E-state index contributed by atoms with van der Waals surface area (Å²) in [4.78, 5) is 35.8. The Morgan fingerprint density at radius 1 is 1.12 bits per heavy atom. The van der Waals surface area contributed by atoms with Gasteiger partial charge in [0.2, 0.25) is 0 Å². The van der Waals surface area contributed by atoms with Crippen LogP contribution in [0.5, 0.6) is 0 Å². The highest BCUT2D eigenvalue weighted by molar-refractivity contribution is 5.96. The van der Waals surface area contributed by atoms with Gasteiger partial charge in [0, 0.05) is 6.04 Å². The Bertz CT molecular complexity index is 592. The molecule has 0 heterocycles. The third-order valence-electron chi connectivity index (χ3n) is 4.18. The summed E-state index contributed by atoms with van der Waals surface area (Å²) >= 11 is 0. The van der Waals surface area contributed by atoms with Gasteiger partial charge in [-0.1, -0.05) is 43.2 Å². The zero-order valence-electron chi connectivity index (χ0n) is 14.1. The Morgan fingerprint density at radius 3 is 2.33 bits per heavy atom. The number of hydrogen-bond acceptors (Lipinski definition) is 4. The third kappa shape index (κ3) is 4.34. The fourth-order valence-electron chi connectivity index (χ4n) is 3.08. The Morgan fingerprint density at radius 2 is 1.75 bits per heavy atom. The number of carbonyl (C=O) groups excluding carboxylic acids is 3. The average molecular weight is 332 g/mol. The summed E-state index contributed by atoms with van der Waals surface area (Å²) in [5.74, 6) is -1.03. The Balaban J connectivity index is 1.95. The molecule has 0 saturated heterocycles. The van der Waals surface area contributed by atoms with E-state index < -0.39 is 29.9 Å². The smallest absolute Gasteiger partial charge is 0.321 e. The summed E-state index contributed by atoms with van der Waals surface area (Å²) in [6, 6.07) is 8.85. The Hall–Kier alpha value is -2.37. The molecule has 6 nitrogen and oxygen atoms in total. The van der Waals surface area contributed by atoms with Crippen LogP contribution in [0.2, 0.25) is 0 Å². The molecule has 3 amide bonds. The standard InChI is InChI=1S/C18H24N2O4/c1-13(2)19-17(23)20-15(21)12-24-16(22)18(10-6-7-11-18)14-8-4-3-5-9-14/h3-5,8-9,13H,6-7,10-12H2,1-2H3,(H2,19,20,21,23). The molecular weight excluding hydrogens is 308 g/mol. The predicted molar refractivity (Wildman–Crippen MR) is 89.4 cm³/mol. The second-order valence-electron chi connectivity index (χ2n) is 6.41. The van der Waals surface area contributed by atoms with Crippen LogP contribution in [0.15, 0.2) is 30.3 Å². The minimum atomic E-state index is -0.679. The minimum Gasteiger partial charge on any atom is -0.455 e. The van der Waals surface area contributed by atoms with Gasteiger partial charge in [0.1, 0.15) is 0 Å². The van der Waals surface area contributed by atoms with Crippen molar-refractivity contribution < 1.29 is 19.1 Å². The molecule has 1 aliphatic rings. The number of carbonyl (C=O) groups is 3. The van der Waals surface area contributed by atoms with Gasteiger partial charge in [0.25, 0.3) is 5.91 Å². The highest BCUT2D eigenvalue weighted by Gasteiger charge is 2.44. The van der Waals surface area contributed by atoms with Gasteiger partial charge in [-0.05, 0) is 32.3 Å². The lowest BCUT2D eigenvalue weighted by Crippen LogP contribution is -2.45. The highest BCUT2D eigenvalue weighted by Crippen LogP contribution is 2.42. The van der Waals surface area contributed by atoms with Crippen molar-refractivity contribution in [3.05, 3.63) is 35.9 Å². The summed E-state index contributed by atoms with van der Waals surface area (Å²) in [6.45, 7) is 3.11. The lowest BCUT2D eigenvalue weighted by Gasteiger charge is -2.27. The van der Waals surface area contributed by atoms with E-state index in [0.29, 0.717) is 12.8 Å². The topological polar surface area (TPSA) is 84.5 Å². The Labute approximate surface area is 142 Å². The summed E-state index contributed by atoms with van der Waals surface area (Å²) in [7, 11) is 0. The average Bonchev–Trinajstić information content (AvgIpc) is 3.03. The molecule has 1 fully saturated rings. The van der Waals surface area contributed by atoms with Gasteiger partial charge in [-0.15, -0.1) is 0 Å². The molecule has 1 aromatic rings. The van der Waals surface area contributed by atoms with Crippen molar-refractivity contribution >= 4 is 17.9 Å². The van der Waals surface area contributed by atoms with Gasteiger partial charge in [0.15, 0.2) is 6.61 Å². The zero-order chi connectivity index (χ0) is 17.6. The van der Waals surface area contributed by atoms with E-state index in [1.807, 2.05) is 30.3 Å². The quantitative estimate of drug-likeness (QED) is 0.810. The van der Waals surface area contributed by atoms with Gasteiger partial charge in [0.05, 0.1) is 5.41 Å². The first-order valence-electron chi connectivity index (χ1n) is 8.27. The van der Waals surface area contributed by atoms with Gasteiger partial charge in [-0.25, -0.2) is 4.79 Å². The van der Waals surface area contributed by atoms with Crippen LogP contribution >= 0.6 is 0 Å². The minimum absolute atomic E-state index is 0.0832. The SMILES string of the molecule is CC(C)NC(=O)NC(=O)COC(=O)C1(c2ccccc2)CCCC1. The van der Waals surface area contributed by atoms with Crippen LogP contribution < -0.4 is 10.6 Å². The van der Waals surface area contributed by atoms with E-state index in [2.05, 4.69) is 10.6 Å². The van der Waals surface area contributed by atoms with Crippen LogP contribution in [0.25, 0.3) is 0 Å². The molecule has 2 rings (SSSR count). The van der Waals surface area contributed by atoms with Crippen LogP contribution in [0.1, 0.15) is 45.1 Å². The van der Waals surface area contributed by atoms with Crippen molar-refractivity contribution in [1.29, 1.82) is 0 Å². The lowest BCUT2D eigenvalue weighted by atomic mass is 9.79. The molecule has 130 valence electrons. The van der Waals surface area contributed by atoms with Crippen molar-refractivity contribution in [2.75, 3.05) is 6.61 Å². The number of hydrogen-bond donors (Lipinski definition) is 2. The fraction of sp³-hybridized carbons (Fsp3) is 0.500. The third-order valence-corrected chi connectivity index (χ3v) is 4.18. The van der Waals surface area contributed by atoms with Crippen LogP contribution in [-0.2, 0) is 19.7 Å². The number of amides is 3. The molecule has 2 N–H and O–H groups in total. The normalized spacial score (nSPS) is 15.8. The second-order valence-corrected chi connectivity index (χ2v) is 6.41. The first-order valence-corrected chi connectivity index (χ1v) is 8.27. The molecule has 0 atom stereocenters. The molecule has 0 radical (unpaired) electrons. The monoisotopic (exact) mass is 332 g/mol. The molecule has 0 aromatic heterocycles. The van der Waals surface area contributed by atoms with E-state index in [9.17, 15) is 14.4 Å². The molecule has 1 saturated carbocycles. The van der Waals surface area contributed by atoms with E-state index in [1.54, 1.807) is 13.8 Å². The van der Waals surface area contributed by atoms with Crippen molar-refractivity contribution in [1.82, 2.24) is 10.6 Å². The molecular formula is C18H24N2O4. The van der Waals surface area contributed by atoms with E-state index in [4.69, 9.17) is 4.74 Å². The number of nitrogens with one attached hydrogen (secondary N) is 2. The molecule has 1 aromatic carbocycles. The molecule has 6 heteroatoms. The maximum absolute atomic E-state index is 12.6. The fourth-order valence-corrected chi connectivity index (χ4v) is 3.08. The summed E-state index contributed by atoms with van der Waals surface area (Å²) in [5.41, 5.74) is 0.243. The van der Waals surface area contributed by atoms with Gasteiger partial charge >= 0.3 is 12.0 Å². The Kier molecular flexibility index (Phi) is 5.95. The maximum Gasteiger partial charge on any atom is 0.321 e. The molecule has 0 spiro atoms. The maximum atomic E-state index is 12.6. The highest BCUT2D eigenvalue weighted by atomic mass is 16.5. The number of rotatable bonds is 5. The van der Waals surface area contributed by atoms with Crippen molar-refractivity contribution in [3.63, 3.8) is 0 Å². The largest absolute Gasteiger partial charge is 0.455 e. The second kappa shape index (κ2) is 7.95. The van der Waals surface area contributed by atoms with Gasteiger partial charge in [-0.3, -0.25) is 14.9 Å². The van der Waals surface area contributed by atoms with E-state index in [-0.39, 0.29) is 6.04 Å². The van der Waals surface area contributed by atoms with Crippen molar-refractivity contribution in [2.45, 2.75) is 51.0 Å². The van der Waals surface area contributed by atoms with Gasteiger partial charge in [-0.2, -0.15) is 0 Å². The van der Waals surface area contributed by atoms with Crippen molar-refractivity contribution in [3.8, 4) is 0 Å². The van der Waals surface area contributed by atoms with Crippen molar-refractivity contribution in [2.24, 2.45) is 0 Å². The predicted octanol–water partition coefficient (Wildman–Crippen LogP) is 2.28. The first-order chi connectivity index (χ1) is 11.4. The molecule has 0 aliphatic heterocycles. The lowest BCUT2D eigenvalue weighted by molar-refractivity contribution is -0.154. The number of urea groups is 1. The summed E-state index contributed by atoms with van der Waals surface area (Å²) < 4.78 is 5.22. The van der Waals surface area contributed by atoms with Crippen LogP contribution in [-0.4, -0.2) is 30.6 Å². The number of benzene rings is 1. The molecule has 0 bridgehead atoms. The number of esters is 1. The zero-order valence-corrected chi connectivity index (χ0v) is 14.1. The molecule has 24 heavy (non-hydrogen) atoms. The first kappa shape index (κ1) is 18.0. The molecule has 0 unspecified atom stereocenters. The van der Waals surface area contributed by atoms with E-state index in [0.717, 1.165) is 18.4 Å². The molecule has 1 aliphatic carbocycles. The van der Waals surface area contributed by atoms with Crippen LogP contribution in [0.3, 0.4) is 0 Å². The number of imide groups is 1. The number of ether oxygens (including phenoxy) is 1. The van der Waals surface area contributed by atoms with E-state index in [1.165, 1.54) is 0 Å².